The lowest BCUT2D eigenvalue weighted by Crippen LogP contribution is -2.38. The number of aliphatic hydroxyl groups is 1. The molecule has 0 aliphatic heterocycles. The Balaban J connectivity index is 2.31. The van der Waals surface area contributed by atoms with Crippen molar-refractivity contribution in [1.82, 2.24) is 0 Å². The maximum atomic E-state index is 12.8. The molecule has 0 saturated carbocycles. The van der Waals surface area contributed by atoms with Gasteiger partial charge in [-0.25, -0.2) is 14.4 Å². The summed E-state index contributed by atoms with van der Waals surface area (Å²) in [5, 5.41) is 65.7. The number of carbonyl (C=O) groups excluding carboxylic acids is 2. The highest BCUT2D eigenvalue weighted by Crippen LogP contribution is 2.27. The van der Waals surface area contributed by atoms with Crippen LogP contribution in [0.1, 0.15) is 17.5 Å². The van der Waals surface area contributed by atoms with Crippen molar-refractivity contribution < 1.29 is 59.7 Å². The third-order valence-corrected chi connectivity index (χ3v) is 4.85. The molecule has 2 rings (SSSR count). The molecule has 0 aliphatic rings. The summed E-state index contributed by atoms with van der Waals surface area (Å²) in [6.45, 7) is 0. The number of phenolic OH excluding ortho intramolecular Hbond substituents is 4. The maximum absolute atomic E-state index is 12.8. The Hall–Kier alpha value is -5.26. The van der Waals surface area contributed by atoms with Crippen molar-refractivity contribution >= 4 is 35.8 Å². The molecule has 37 heavy (non-hydrogen) atoms. The molecule has 2 unspecified atom stereocenters. The number of aromatic hydroxyl groups is 4. The number of aliphatic carboxylic acids is 2. The molecule has 2 atom stereocenters. The van der Waals surface area contributed by atoms with E-state index in [-0.39, 0.29) is 11.1 Å². The highest BCUT2D eigenvalue weighted by Gasteiger charge is 2.35. The van der Waals surface area contributed by atoms with Crippen molar-refractivity contribution in [2.45, 2.75) is 12.5 Å². The Morgan fingerprint density at radius 1 is 0.757 bits per heavy atom. The van der Waals surface area contributed by atoms with Crippen LogP contribution in [0.5, 0.6) is 23.0 Å². The third-order valence-electron chi connectivity index (χ3n) is 4.85. The number of ether oxygens (including phenoxy) is 1. The predicted molar refractivity (Wildman–Crippen MR) is 127 cm³/mol. The summed E-state index contributed by atoms with van der Waals surface area (Å²) in [5.41, 5.74) is 0.497. The second-order valence-electron chi connectivity index (χ2n) is 7.50. The van der Waals surface area contributed by atoms with Crippen LogP contribution >= 0.6 is 0 Å². The largest absolute Gasteiger partial charge is 0.504 e. The molecule has 0 aromatic heterocycles. The smallest absolute Gasteiger partial charge is 0.370 e. The second-order valence-corrected chi connectivity index (χ2v) is 7.50. The van der Waals surface area contributed by atoms with Gasteiger partial charge in [-0.05, 0) is 60.0 Å². The maximum Gasteiger partial charge on any atom is 0.370 e. The monoisotopic (exact) mass is 514 g/mol. The minimum Gasteiger partial charge on any atom is -0.504 e. The molecule has 12 heteroatoms. The van der Waals surface area contributed by atoms with E-state index < -0.39 is 70.9 Å². The van der Waals surface area contributed by atoms with Gasteiger partial charge in [0.05, 0.1) is 5.92 Å². The molecule has 7 N–H and O–H groups in total. The minimum absolute atomic E-state index is 0.246. The summed E-state index contributed by atoms with van der Waals surface area (Å²) >= 11 is 0. The lowest BCUT2D eigenvalue weighted by Gasteiger charge is -2.20. The van der Waals surface area contributed by atoms with Crippen LogP contribution in [0.2, 0.25) is 0 Å². The molecular formula is C25H22O12. The lowest BCUT2D eigenvalue weighted by molar-refractivity contribution is -0.165. The number of hydrogen-bond donors (Lipinski definition) is 7. The Labute approximate surface area is 208 Å². The molecule has 0 amide bonds. The van der Waals surface area contributed by atoms with E-state index in [1.807, 2.05) is 0 Å². The number of benzene rings is 2. The first-order chi connectivity index (χ1) is 17.4. The molecule has 194 valence electrons. The van der Waals surface area contributed by atoms with Crippen LogP contribution in [0.3, 0.4) is 0 Å². The van der Waals surface area contributed by atoms with Crippen LogP contribution in [-0.2, 0) is 23.9 Å². The molecule has 2 aromatic carbocycles. The number of carboxylic acids is 2. The van der Waals surface area contributed by atoms with Crippen LogP contribution in [0, 0.1) is 5.92 Å². The average Bonchev–Trinajstić information content (AvgIpc) is 2.84. The van der Waals surface area contributed by atoms with E-state index >= 15 is 0 Å². The van der Waals surface area contributed by atoms with Crippen molar-refractivity contribution in [1.29, 1.82) is 0 Å². The molecule has 0 aliphatic carbocycles. The number of carboxylic acid groups (broad SMARTS) is 2. The zero-order valence-corrected chi connectivity index (χ0v) is 18.9. The van der Waals surface area contributed by atoms with E-state index in [2.05, 4.69) is 0 Å². The number of carbonyl (C=O) groups is 4. The summed E-state index contributed by atoms with van der Waals surface area (Å²) < 4.78 is 4.93. The van der Waals surface area contributed by atoms with Crippen LogP contribution in [0.4, 0.5) is 0 Å². The fourth-order valence-electron chi connectivity index (χ4n) is 2.94. The number of ketones is 1. The van der Waals surface area contributed by atoms with Crippen molar-refractivity contribution in [2.24, 2.45) is 5.92 Å². The Bertz CT molecular complexity index is 1290. The molecule has 0 spiro atoms. The number of esters is 1. The van der Waals surface area contributed by atoms with Crippen molar-refractivity contribution in [3.05, 3.63) is 71.5 Å². The van der Waals surface area contributed by atoms with Gasteiger partial charge in [-0.3, -0.25) is 4.79 Å². The average molecular weight is 514 g/mol. The van der Waals surface area contributed by atoms with Gasteiger partial charge in [0.1, 0.15) is 0 Å². The highest BCUT2D eigenvalue weighted by molar-refractivity contribution is 5.99. The van der Waals surface area contributed by atoms with Gasteiger partial charge in [0, 0.05) is 6.08 Å². The Morgan fingerprint density at radius 3 is 1.73 bits per heavy atom. The summed E-state index contributed by atoms with van der Waals surface area (Å²) in [5.74, 6) is -10.2. The molecule has 0 saturated heterocycles. The summed E-state index contributed by atoms with van der Waals surface area (Å²) in [6, 6.07) is 7.20. The Kier molecular flexibility index (Phi) is 9.41. The normalized spacial score (nSPS) is 13.4. The highest BCUT2D eigenvalue weighted by atomic mass is 16.6. The van der Waals surface area contributed by atoms with Gasteiger partial charge in [-0.1, -0.05) is 18.2 Å². The summed E-state index contributed by atoms with van der Waals surface area (Å²) in [7, 11) is 0. The van der Waals surface area contributed by atoms with Gasteiger partial charge >= 0.3 is 17.9 Å². The third kappa shape index (κ3) is 8.17. The number of allylic oxidation sites excluding steroid dienone is 2. The van der Waals surface area contributed by atoms with Gasteiger partial charge in [-0.15, -0.1) is 0 Å². The van der Waals surface area contributed by atoms with Crippen LogP contribution < -0.4 is 0 Å². The predicted octanol–water partition coefficient (Wildman–Crippen LogP) is 2.33. The second kappa shape index (κ2) is 12.4. The number of hydrogen-bond acceptors (Lipinski definition) is 10. The molecule has 0 fully saturated rings. The van der Waals surface area contributed by atoms with Gasteiger partial charge in [0.25, 0.3) is 0 Å². The fraction of sp³-hybridized carbons (Fsp3) is 0.120. The SMILES string of the molecule is O=C(C=Cc1ccc(O)c(O)c1)OC(C(=O)O)C(CC=C(O)C(=O)O)C(=O)C=Cc1ccc(O)c(O)c1. The van der Waals surface area contributed by atoms with E-state index in [4.69, 9.17) is 9.84 Å². The van der Waals surface area contributed by atoms with Crippen LogP contribution in [-0.4, -0.2) is 65.5 Å². The topological polar surface area (TPSA) is 219 Å². The quantitative estimate of drug-likeness (QED) is 0.0994. The molecule has 12 nitrogen and oxygen atoms in total. The lowest BCUT2D eigenvalue weighted by atomic mass is 9.92. The molecular weight excluding hydrogens is 492 g/mol. The minimum atomic E-state index is -2.10. The first-order valence-electron chi connectivity index (χ1n) is 10.4. The number of phenols is 4. The van der Waals surface area contributed by atoms with E-state index in [1.54, 1.807) is 0 Å². The van der Waals surface area contributed by atoms with Gasteiger partial charge in [0.15, 0.2) is 34.5 Å². The molecule has 0 heterocycles. The van der Waals surface area contributed by atoms with Crippen molar-refractivity contribution in [3.8, 4) is 23.0 Å². The first kappa shape index (κ1) is 28.0. The molecule has 0 radical (unpaired) electrons. The summed E-state index contributed by atoms with van der Waals surface area (Å²) in [4.78, 5) is 47.9. The Morgan fingerprint density at radius 2 is 1.27 bits per heavy atom. The zero-order chi connectivity index (χ0) is 27.7. The van der Waals surface area contributed by atoms with Crippen molar-refractivity contribution in [2.75, 3.05) is 0 Å². The van der Waals surface area contributed by atoms with Gasteiger partial charge in [0.2, 0.25) is 6.10 Å². The number of aliphatic hydroxyl groups excluding tert-OH is 1. The van der Waals surface area contributed by atoms with E-state index in [9.17, 15) is 49.8 Å². The molecule has 2 aromatic rings. The van der Waals surface area contributed by atoms with Crippen molar-refractivity contribution in [3.63, 3.8) is 0 Å². The van der Waals surface area contributed by atoms with E-state index in [1.165, 1.54) is 18.2 Å². The van der Waals surface area contributed by atoms with Gasteiger partial charge in [-0.2, -0.15) is 0 Å². The number of rotatable bonds is 11. The van der Waals surface area contributed by atoms with E-state index in [0.717, 1.165) is 42.5 Å². The standard InChI is InChI=1S/C25H22O12/c26-16(6-1-13-2-7-17(27)20(30)11-13)15(5-9-19(29)24(33)34)23(25(35)36)37-22(32)10-4-14-3-8-18(28)21(31)12-14/h1-4,6-12,15,23,27-31H,5H2,(H,33,34)(H,35,36). The van der Waals surface area contributed by atoms with E-state index in [0.29, 0.717) is 6.08 Å². The molecule has 0 bridgehead atoms. The summed E-state index contributed by atoms with van der Waals surface area (Å²) in [6.07, 6.45) is 1.97. The zero-order valence-electron chi connectivity index (χ0n) is 18.9. The first-order valence-corrected chi connectivity index (χ1v) is 10.4. The van der Waals surface area contributed by atoms with Crippen LogP contribution in [0.15, 0.2) is 60.4 Å². The fourth-order valence-corrected chi connectivity index (χ4v) is 2.94. The van der Waals surface area contributed by atoms with Gasteiger partial charge < -0.3 is 40.5 Å². The van der Waals surface area contributed by atoms with Crippen LogP contribution in [0.25, 0.3) is 12.2 Å².